The number of nitro benzene ring substituents is 1. The lowest BCUT2D eigenvalue weighted by molar-refractivity contribution is -0.384. The summed E-state index contributed by atoms with van der Waals surface area (Å²) in [4.78, 5) is 11.4. The summed E-state index contributed by atoms with van der Waals surface area (Å²) >= 11 is 0. The van der Waals surface area contributed by atoms with Crippen LogP contribution in [0.25, 0.3) is 11.3 Å². The number of hydrogen-bond acceptors (Lipinski definition) is 6. The molecule has 1 aromatic heterocycles. The second-order valence-electron chi connectivity index (χ2n) is 4.85. The molecule has 0 aliphatic heterocycles. The molecule has 2 aromatic carbocycles. The zero-order valence-electron chi connectivity index (χ0n) is 12.1. The van der Waals surface area contributed by atoms with Crippen LogP contribution in [-0.4, -0.2) is 20.0 Å². The van der Waals surface area contributed by atoms with E-state index in [9.17, 15) is 10.1 Å². The first-order valence-corrected chi connectivity index (χ1v) is 6.88. The highest BCUT2D eigenvalue weighted by atomic mass is 16.6. The van der Waals surface area contributed by atoms with Crippen molar-refractivity contribution in [3.63, 3.8) is 0 Å². The van der Waals surface area contributed by atoms with Crippen LogP contribution in [0.15, 0.2) is 54.6 Å². The molecule has 0 saturated heterocycles. The van der Waals surface area contributed by atoms with Crippen LogP contribution in [0.5, 0.6) is 0 Å². The van der Waals surface area contributed by atoms with Gasteiger partial charge in [-0.3, -0.25) is 10.1 Å². The van der Waals surface area contributed by atoms with Gasteiger partial charge in [0, 0.05) is 23.4 Å². The monoisotopic (exact) mass is 310 g/mol. The Morgan fingerprint density at radius 2 is 1.83 bits per heavy atom. The lowest BCUT2D eigenvalue weighted by atomic mass is 10.1. The SMILES string of the molecule is Nn1nnc(-c2ccccc2)c1CNc1ccc([N+](=O)[O-])cc1. The predicted octanol–water partition coefficient (Wildman–Crippen LogP) is 2.18. The van der Waals surface area contributed by atoms with Crippen LogP contribution in [0.2, 0.25) is 0 Å². The van der Waals surface area contributed by atoms with E-state index in [1.165, 1.54) is 16.9 Å². The topological polar surface area (TPSA) is 112 Å². The van der Waals surface area contributed by atoms with Gasteiger partial charge >= 0.3 is 0 Å². The normalized spacial score (nSPS) is 10.4. The Labute approximate surface area is 131 Å². The summed E-state index contributed by atoms with van der Waals surface area (Å²) in [7, 11) is 0. The molecule has 0 spiro atoms. The van der Waals surface area contributed by atoms with Gasteiger partial charge in [0.25, 0.3) is 5.69 Å². The van der Waals surface area contributed by atoms with E-state index < -0.39 is 4.92 Å². The lowest BCUT2D eigenvalue weighted by Crippen LogP contribution is -2.16. The average Bonchev–Trinajstić information content (AvgIpc) is 2.95. The molecular formula is C15H14N6O2. The van der Waals surface area contributed by atoms with Crippen molar-refractivity contribution >= 4 is 11.4 Å². The second kappa shape index (κ2) is 6.14. The van der Waals surface area contributed by atoms with Gasteiger partial charge in [0.05, 0.1) is 11.5 Å². The number of hydrogen-bond donors (Lipinski definition) is 2. The van der Waals surface area contributed by atoms with Crippen LogP contribution in [0.1, 0.15) is 5.69 Å². The molecule has 0 amide bonds. The lowest BCUT2D eigenvalue weighted by Gasteiger charge is -2.08. The summed E-state index contributed by atoms with van der Waals surface area (Å²) in [5.41, 5.74) is 3.13. The number of nitro groups is 1. The van der Waals surface area contributed by atoms with Gasteiger partial charge in [-0.2, -0.15) is 4.79 Å². The molecule has 1 heterocycles. The minimum Gasteiger partial charge on any atom is -0.379 e. The summed E-state index contributed by atoms with van der Waals surface area (Å²) in [6.07, 6.45) is 0. The van der Waals surface area contributed by atoms with Gasteiger partial charge in [0.15, 0.2) is 0 Å². The molecule has 0 radical (unpaired) electrons. The average molecular weight is 310 g/mol. The standard InChI is InChI=1S/C15H14N6O2/c16-20-14(15(18-19-20)11-4-2-1-3-5-11)10-17-12-6-8-13(9-7-12)21(22)23/h1-9,17H,10,16H2. The fraction of sp³-hybridized carbons (Fsp3) is 0.0667. The molecular weight excluding hydrogens is 296 g/mol. The van der Waals surface area contributed by atoms with Gasteiger partial charge in [-0.05, 0) is 17.3 Å². The molecule has 0 bridgehead atoms. The third kappa shape index (κ3) is 3.10. The molecule has 0 fully saturated rings. The molecule has 23 heavy (non-hydrogen) atoms. The predicted molar refractivity (Wildman–Crippen MR) is 86.0 cm³/mol. The second-order valence-corrected chi connectivity index (χ2v) is 4.85. The van der Waals surface area contributed by atoms with E-state index >= 15 is 0 Å². The Morgan fingerprint density at radius 1 is 1.13 bits per heavy atom. The third-order valence-corrected chi connectivity index (χ3v) is 3.38. The Kier molecular flexibility index (Phi) is 3.88. The highest BCUT2D eigenvalue weighted by molar-refractivity contribution is 5.62. The van der Waals surface area contributed by atoms with Crippen LogP contribution in [-0.2, 0) is 6.54 Å². The summed E-state index contributed by atoms with van der Waals surface area (Å²) in [6, 6.07) is 15.8. The number of nitrogens with two attached hydrogens (primary N) is 1. The van der Waals surface area contributed by atoms with Crippen molar-refractivity contribution in [1.82, 2.24) is 15.1 Å². The number of anilines is 1. The van der Waals surface area contributed by atoms with E-state index in [-0.39, 0.29) is 5.69 Å². The van der Waals surface area contributed by atoms with Crippen molar-refractivity contribution in [2.75, 3.05) is 11.2 Å². The molecule has 0 aliphatic rings. The molecule has 0 aliphatic carbocycles. The molecule has 116 valence electrons. The zero-order chi connectivity index (χ0) is 16.2. The maximum absolute atomic E-state index is 10.7. The van der Waals surface area contributed by atoms with Crippen molar-refractivity contribution in [2.24, 2.45) is 0 Å². The molecule has 8 nitrogen and oxygen atoms in total. The van der Waals surface area contributed by atoms with E-state index in [4.69, 9.17) is 5.84 Å². The third-order valence-electron chi connectivity index (χ3n) is 3.38. The number of aromatic nitrogens is 3. The van der Waals surface area contributed by atoms with Crippen molar-refractivity contribution in [1.29, 1.82) is 0 Å². The highest BCUT2D eigenvalue weighted by Gasteiger charge is 2.13. The maximum atomic E-state index is 10.7. The van der Waals surface area contributed by atoms with E-state index in [2.05, 4.69) is 15.6 Å². The number of benzene rings is 2. The minimum atomic E-state index is -0.434. The summed E-state index contributed by atoms with van der Waals surface area (Å²) in [6.45, 7) is 0.394. The number of rotatable bonds is 5. The van der Waals surface area contributed by atoms with E-state index in [0.29, 0.717) is 12.2 Å². The molecule has 0 unspecified atom stereocenters. The van der Waals surface area contributed by atoms with Crippen LogP contribution in [0.4, 0.5) is 11.4 Å². The highest BCUT2D eigenvalue weighted by Crippen LogP contribution is 2.21. The van der Waals surface area contributed by atoms with E-state index in [0.717, 1.165) is 16.9 Å². The van der Waals surface area contributed by atoms with Crippen LogP contribution >= 0.6 is 0 Å². The zero-order valence-corrected chi connectivity index (χ0v) is 12.1. The van der Waals surface area contributed by atoms with Crippen molar-refractivity contribution in [3.8, 4) is 11.3 Å². The Morgan fingerprint density at radius 3 is 2.48 bits per heavy atom. The molecule has 0 atom stereocenters. The summed E-state index contributed by atoms with van der Waals surface area (Å²) in [5.74, 6) is 5.82. The quantitative estimate of drug-likeness (QED) is 0.424. The number of non-ortho nitro benzene ring substituents is 1. The van der Waals surface area contributed by atoms with Crippen molar-refractivity contribution < 1.29 is 4.92 Å². The first-order valence-electron chi connectivity index (χ1n) is 6.88. The van der Waals surface area contributed by atoms with Crippen molar-refractivity contribution in [2.45, 2.75) is 6.54 Å². The molecule has 0 saturated carbocycles. The fourth-order valence-corrected chi connectivity index (χ4v) is 2.18. The van der Waals surface area contributed by atoms with Gasteiger partial charge in [0.1, 0.15) is 11.4 Å². The number of nitrogen functional groups attached to an aromatic ring is 1. The molecule has 3 aromatic rings. The van der Waals surface area contributed by atoms with Crippen LogP contribution in [0.3, 0.4) is 0 Å². The van der Waals surface area contributed by atoms with Crippen LogP contribution < -0.4 is 11.2 Å². The minimum absolute atomic E-state index is 0.0473. The molecule has 8 heteroatoms. The number of nitrogens with one attached hydrogen (secondary N) is 1. The fourth-order valence-electron chi connectivity index (χ4n) is 2.18. The van der Waals surface area contributed by atoms with E-state index in [1.54, 1.807) is 12.1 Å². The Hall–Kier alpha value is -3.42. The van der Waals surface area contributed by atoms with Gasteiger partial charge in [-0.15, -0.1) is 5.10 Å². The smallest absolute Gasteiger partial charge is 0.269 e. The molecule has 3 rings (SSSR count). The van der Waals surface area contributed by atoms with Gasteiger partial charge in [-0.1, -0.05) is 30.3 Å². The number of nitrogens with zero attached hydrogens (tertiary/aromatic N) is 4. The summed E-state index contributed by atoms with van der Waals surface area (Å²) in [5, 5.41) is 21.8. The first-order chi connectivity index (χ1) is 11.1. The van der Waals surface area contributed by atoms with Gasteiger partial charge in [0.2, 0.25) is 0 Å². The van der Waals surface area contributed by atoms with Gasteiger partial charge in [-0.25, -0.2) is 0 Å². The largest absolute Gasteiger partial charge is 0.379 e. The first kappa shape index (κ1) is 14.5. The Bertz CT molecular complexity index is 814. The van der Waals surface area contributed by atoms with E-state index in [1.807, 2.05) is 30.3 Å². The van der Waals surface area contributed by atoms with Gasteiger partial charge < -0.3 is 11.2 Å². The molecule has 3 N–H and O–H groups in total. The maximum Gasteiger partial charge on any atom is 0.269 e. The summed E-state index contributed by atoms with van der Waals surface area (Å²) < 4.78 is 0. The van der Waals surface area contributed by atoms with Crippen molar-refractivity contribution in [3.05, 3.63) is 70.4 Å². The van der Waals surface area contributed by atoms with Crippen LogP contribution in [0, 0.1) is 10.1 Å². The Balaban J connectivity index is 1.78.